The van der Waals surface area contributed by atoms with Crippen LogP contribution in [-0.2, 0) is 0 Å². The second-order valence-electron chi connectivity index (χ2n) is 5.80. The molecule has 0 aliphatic heterocycles. The van der Waals surface area contributed by atoms with Crippen molar-refractivity contribution in [3.63, 3.8) is 0 Å². The minimum atomic E-state index is 0.509. The zero-order chi connectivity index (χ0) is 17.2. The fraction of sp³-hybridized carbons (Fsp3) is 0.0500. The number of nitrogens with zero attached hydrogens (tertiary/aromatic N) is 4. The number of nitriles is 1. The number of benzene rings is 2. The molecule has 5 nitrogen and oxygen atoms in total. The van der Waals surface area contributed by atoms with Crippen molar-refractivity contribution in [2.45, 2.75) is 6.92 Å². The van der Waals surface area contributed by atoms with Gasteiger partial charge in [-0.15, -0.1) is 0 Å². The third-order valence-electron chi connectivity index (χ3n) is 4.00. The van der Waals surface area contributed by atoms with Crippen LogP contribution in [0, 0.1) is 18.3 Å². The van der Waals surface area contributed by atoms with Crippen molar-refractivity contribution >= 4 is 17.5 Å². The highest BCUT2D eigenvalue weighted by Crippen LogP contribution is 2.21. The molecule has 0 aliphatic carbocycles. The third-order valence-corrected chi connectivity index (χ3v) is 4.00. The van der Waals surface area contributed by atoms with Gasteiger partial charge in [-0.2, -0.15) is 5.26 Å². The molecule has 2 aromatic heterocycles. The van der Waals surface area contributed by atoms with Gasteiger partial charge in [0.05, 0.1) is 5.69 Å². The summed E-state index contributed by atoms with van der Waals surface area (Å²) in [6.07, 6.45) is 3.53. The molecule has 0 amide bonds. The maximum absolute atomic E-state index is 9.54. The molecule has 4 rings (SSSR count). The van der Waals surface area contributed by atoms with Crippen molar-refractivity contribution in [1.29, 1.82) is 5.26 Å². The van der Waals surface area contributed by atoms with Gasteiger partial charge in [0.1, 0.15) is 11.6 Å². The molecule has 5 heteroatoms. The van der Waals surface area contributed by atoms with E-state index in [0.717, 1.165) is 22.6 Å². The fourth-order valence-electron chi connectivity index (χ4n) is 2.67. The lowest BCUT2D eigenvalue weighted by Gasteiger charge is -1.97. The van der Waals surface area contributed by atoms with Crippen molar-refractivity contribution in [2.24, 2.45) is 4.99 Å². The van der Waals surface area contributed by atoms with Gasteiger partial charge in [-0.1, -0.05) is 48.0 Å². The Hall–Kier alpha value is -3.65. The van der Waals surface area contributed by atoms with Crippen molar-refractivity contribution in [3.8, 4) is 17.5 Å². The average molecular weight is 325 g/mol. The summed E-state index contributed by atoms with van der Waals surface area (Å²) in [6.45, 7) is 2.04. The maximum Gasteiger partial charge on any atom is 0.172 e. The second-order valence-corrected chi connectivity index (χ2v) is 5.80. The predicted octanol–water partition coefficient (Wildman–Crippen LogP) is 4.26. The van der Waals surface area contributed by atoms with Gasteiger partial charge < -0.3 is 0 Å². The first kappa shape index (κ1) is 14.9. The van der Waals surface area contributed by atoms with Gasteiger partial charge in [0.15, 0.2) is 11.5 Å². The van der Waals surface area contributed by atoms with Crippen molar-refractivity contribution < 1.29 is 0 Å². The Bertz CT molecular complexity index is 1090. The van der Waals surface area contributed by atoms with Crippen LogP contribution in [0.5, 0.6) is 0 Å². The fourth-order valence-corrected chi connectivity index (χ4v) is 2.67. The number of H-pyrrole nitrogens is 1. The van der Waals surface area contributed by atoms with Gasteiger partial charge in [-0.3, -0.25) is 10.1 Å². The summed E-state index contributed by atoms with van der Waals surface area (Å²) in [4.78, 5) is 9.00. The van der Waals surface area contributed by atoms with Gasteiger partial charge in [0, 0.05) is 23.5 Å². The normalized spacial score (nSPS) is 11.2. The summed E-state index contributed by atoms with van der Waals surface area (Å²) in [6, 6.07) is 20.0. The molecule has 0 fully saturated rings. The Morgan fingerprint density at radius 1 is 1.12 bits per heavy atom. The number of aliphatic imine (C=N–C) groups is 1. The minimum absolute atomic E-state index is 0.509. The molecular weight excluding hydrogens is 310 g/mol. The number of nitrogens with one attached hydrogen (secondary N) is 1. The molecule has 2 heterocycles. The van der Waals surface area contributed by atoms with Crippen LogP contribution in [0.4, 0.5) is 5.69 Å². The molecular formula is C20H15N5. The Kier molecular flexibility index (Phi) is 3.64. The summed E-state index contributed by atoms with van der Waals surface area (Å²) in [5, 5.41) is 12.8. The summed E-state index contributed by atoms with van der Waals surface area (Å²) >= 11 is 0. The monoisotopic (exact) mass is 325 g/mol. The quantitative estimate of drug-likeness (QED) is 0.572. The molecule has 0 radical (unpaired) electrons. The standard InChI is InChI=1S/C20H15N5/c1-14-7-9-15(10-8-14)19-23-20-18(11-21)16(13-25(20)24-19)12-22-17-5-3-2-4-6-17/h2-10,12-13H,1H3,(H,23,24). The number of fused-ring (bicyclic) bond motifs is 1. The molecule has 25 heavy (non-hydrogen) atoms. The lowest BCUT2D eigenvalue weighted by molar-refractivity contribution is 0.980. The van der Waals surface area contributed by atoms with E-state index in [4.69, 9.17) is 0 Å². The number of aryl methyl sites for hydroxylation is 1. The van der Waals surface area contributed by atoms with Crippen LogP contribution in [-0.4, -0.2) is 20.8 Å². The van der Waals surface area contributed by atoms with Crippen LogP contribution >= 0.6 is 0 Å². The molecule has 0 aliphatic rings. The molecule has 120 valence electrons. The Morgan fingerprint density at radius 3 is 2.60 bits per heavy atom. The van der Waals surface area contributed by atoms with Gasteiger partial charge in [-0.05, 0) is 19.1 Å². The van der Waals surface area contributed by atoms with E-state index in [9.17, 15) is 5.26 Å². The number of aromatic amines is 1. The van der Waals surface area contributed by atoms with E-state index in [1.54, 1.807) is 10.7 Å². The highest BCUT2D eigenvalue weighted by Gasteiger charge is 2.14. The highest BCUT2D eigenvalue weighted by molar-refractivity contribution is 5.89. The molecule has 0 unspecified atom stereocenters. The molecule has 0 saturated heterocycles. The minimum Gasteiger partial charge on any atom is -0.275 e. The van der Waals surface area contributed by atoms with Crippen molar-refractivity contribution in [1.82, 2.24) is 14.6 Å². The highest BCUT2D eigenvalue weighted by atomic mass is 15.3. The lowest BCUT2D eigenvalue weighted by Crippen LogP contribution is -1.86. The Morgan fingerprint density at radius 2 is 1.88 bits per heavy atom. The number of aromatic nitrogens is 3. The Labute approximate surface area is 144 Å². The largest absolute Gasteiger partial charge is 0.275 e. The molecule has 0 spiro atoms. The van der Waals surface area contributed by atoms with Crippen LogP contribution in [0.25, 0.3) is 17.0 Å². The Balaban J connectivity index is 1.73. The molecule has 4 aromatic rings. The number of rotatable bonds is 3. The van der Waals surface area contributed by atoms with Crippen LogP contribution in [0.15, 0.2) is 65.8 Å². The molecule has 0 bridgehead atoms. The van der Waals surface area contributed by atoms with Gasteiger partial charge in [0.25, 0.3) is 0 Å². The summed E-state index contributed by atoms with van der Waals surface area (Å²) < 4.78 is 1.76. The third kappa shape index (κ3) is 2.81. The van der Waals surface area contributed by atoms with Crippen LogP contribution < -0.4 is 0 Å². The first-order valence-corrected chi connectivity index (χ1v) is 7.92. The number of para-hydroxylation sites is 1. The zero-order valence-corrected chi connectivity index (χ0v) is 13.6. The van der Waals surface area contributed by atoms with Crippen molar-refractivity contribution in [3.05, 3.63) is 77.5 Å². The molecule has 2 aromatic carbocycles. The van der Waals surface area contributed by atoms with E-state index in [1.165, 1.54) is 5.56 Å². The number of hydrogen-bond acceptors (Lipinski definition) is 3. The molecule has 0 saturated carbocycles. The average Bonchev–Trinajstić information content (AvgIpc) is 3.18. The van der Waals surface area contributed by atoms with E-state index < -0.39 is 0 Å². The van der Waals surface area contributed by atoms with Gasteiger partial charge >= 0.3 is 0 Å². The first-order valence-electron chi connectivity index (χ1n) is 7.92. The van der Waals surface area contributed by atoms with Crippen molar-refractivity contribution in [2.75, 3.05) is 0 Å². The molecule has 1 N–H and O–H groups in total. The second kappa shape index (κ2) is 6.10. The van der Waals surface area contributed by atoms with E-state index in [0.29, 0.717) is 11.2 Å². The smallest absolute Gasteiger partial charge is 0.172 e. The summed E-state index contributed by atoms with van der Waals surface area (Å²) in [7, 11) is 0. The van der Waals surface area contributed by atoms with Gasteiger partial charge in [0.2, 0.25) is 0 Å². The van der Waals surface area contributed by atoms with Gasteiger partial charge in [-0.25, -0.2) is 9.50 Å². The lowest BCUT2D eigenvalue weighted by atomic mass is 10.1. The zero-order valence-electron chi connectivity index (χ0n) is 13.6. The molecule has 0 atom stereocenters. The van der Waals surface area contributed by atoms with E-state index in [-0.39, 0.29) is 0 Å². The van der Waals surface area contributed by atoms with E-state index in [2.05, 4.69) is 21.1 Å². The first-order chi connectivity index (χ1) is 12.2. The SMILES string of the molecule is Cc1ccc(-c2nc3c(C#N)c(C=Nc4ccccc4)cn3[nH]2)cc1. The van der Waals surface area contributed by atoms with Crippen LogP contribution in [0.2, 0.25) is 0 Å². The predicted molar refractivity (Wildman–Crippen MR) is 98.1 cm³/mol. The van der Waals surface area contributed by atoms with Crippen LogP contribution in [0.3, 0.4) is 0 Å². The van der Waals surface area contributed by atoms with Crippen LogP contribution in [0.1, 0.15) is 16.7 Å². The summed E-state index contributed by atoms with van der Waals surface area (Å²) in [5.74, 6) is 0.734. The van der Waals surface area contributed by atoms with E-state index in [1.807, 2.05) is 67.7 Å². The summed E-state index contributed by atoms with van der Waals surface area (Å²) in [5.41, 5.74) is 4.87. The van der Waals surface area contributed by atoms with E-state index >= 15 is 0 Å². The maximum atomic E-state index is 9.54. The number of hydrogen-bond donors (Lipinski definition) is 1. The topological polar surface area (TPSA) is 69.2 Å².